The van der Waals surface area contributed by atoms with Crippen LogP contribution < -0.4 is 22.0 Å². The standard InChI is InChI=1S/C14H15N3O4/c1-7-5-12(18)21-11-6-9(3-4-10(7)11)17-14(20)16-8(2)13(15)19/h3-6,8H,1-2H3,(H2,15,19)(H2,16,17,20). The van der Waals surface area contributed by atoms with Gasteiger partial charge in [-0.1, -0.05) is 0 Å². The number of nitrogens with two attached hydrogens (primary N) is 1. The summed E-state index contributed by atoms with van der Waals surface area (Å²) < 4.78 is 5.08. The summed E-state index contributed by atoms with van der Waals surface area (Å²) in [6, 6.07) is 4.99. The molecule has 7 heteroatoms. The fraction of sp³-hybridized carbons (Fsp3) is 0.214. The summed E-state index contributed by atoms with van der Waals surface area (Å²) in [7, 11) is 0. The van der Waals surface area contributed by atoms with Gasteiger partial charge in [0, 0.05) is 23.2 Å². The van der Waals surface area contributed by atoms with Crippen LogP contribution in [0, 0.1) is 6.92 Å². The molecule has 1 atom stereocenters. The maximum absolute atomic E-state index is 11.7. The smallest absolute Gasteiger partial charge is 0.336 e. The van der Waals surface area contributed by atoms with Crippen LogP contribution in [0.2, 0.25) is 0 Å². The number of urea groups is 1. The number of carbonyl (C=O) groups excluding carboxylic acids is 2. The fourth-order valence-corrected chi connectivity index (χ4v) is 1.84. The Balaban J connectivity index is 2.22. The highest BCUT2D eigenvalue weighted by Gasteiger charge is 2.12. The van der Waals surface area contributed by atoms with Crippen molar-refractivity contribution < 1.29 is 14.0 Å². The van der Waals surface area contributed by atoms with Crippen LogP contribution >= 0.6 is 0 Å². The van der Waals surface area contributed by atoms with E-state index in [-0.39, 0.29) is 0 Å². The van der Waals surface area contributed by atoms with Crippen LogP contribution in [0.5, 0.6) is 0 Å². The molecule has 0 saturated heterocycles. The van der Waals surface area contributed by atoms with Crippen LogP contribution in [0.25, 0.3) is 11.0 Å². The predicted molar refractivity (Wildman–Crippen MR) is 78.0 cm³/mol. The maximum Gasteiger partial charge on any atom is 0.336 e. The van der Waals surface area contributed by atoms with Crippen molar-refractivity contribution >= 4 is 28.6 Å². The minimum absolute atomic E-state index is 0.376. The topological polar surface area (TPSA) is 114 Å². The molecule has 1 heterocycles. The van der Waals surface area contributed by atoms with Gasteiger partial charge in [0.25, 0.3) is 0 Å². The second kappa shape index (κ2) is 5.66. The molecule has 0 aliphatic carbocycles. The molecule has 0 radical (unpaired) electrons. The van der Waals surface area contributed by atoms with Gasteiger partial charge in [-0.2, -0.15) is 0 Å². The molecule has 0 spiro atoms. The summed E-state index contributed by atoms with van der Waals surface area (Å²) in [6.45, 7) is 3.28. The van der Waals surface area contributed by atoms with Crippen LogP contribution in [-0.2, 0) is 4.79 Å². The number of rotatable bonds is 3. The number of benzene rings is 1. The number of fused-ring (bicyclic) bond motifs is 1. The molecule has 3 amide bonds. The highest BCUT2D eigenvalue weighted by atomic mass is 16.4. The van der Waals surface area contributed by atoms with Crippen LogP contribution in [0.4, 0.5) is 10.5 Å². The maximum atomic E-state index is 11.7. The summed E-state index contributed by atoms with van der Waals surface area (Å²) in [5.74, 6) is -0.634. The highest BCUT2D eigenvalue weighted by Crippen LogP contribution is 2.20. The number of aryl methyl sites for hydroxylation is 1. The molecule has 0 bridgehead atoms. The molecule has 110 valence electrons. The minimum Gasteiger partial charge on any atom is -0.423 e. The van der Waals surface area contributed by atoms with Crippen molar-refractivity contribution in [3.05, 3.63) is 40.2 Å². The molecule has 1 unspecified atom stereocenters. The molecule has 2 aromatic rings. The number of hydrogen-bond donors (Lipinski definition) is 3. The Morgan fingerprint density at radius 1 is 1.29 bits per heavy atom. The normalized spacial score (nSPS) is 11.9. The van der Waals surface area contributed by atoms with E-state index in [4.69, 9.17) is 10.2 Å². The first-order valence-corrected chi connectivity index (χ1v) is 6.28. The zero-order valence-electron chi connectivity index (χ0n) is 11.6. The number of anilines is 1. The first-order chi connectivity index (χ1) is 9.86. The third-order valence-corrected chi connectivity index (χ3v) is 2.98. The average molecular weight is 289 g/mol. The van der Waals surface area contributed by atoms with Gasteiger partial charge in [0.05, 0.1) is 0 Å². The van der Waals surface area contributed by atoms with E-state index in [1.54, 1.807) is 19.1 Å². The van der Waals surface area contributed by atoms with E-state index in [1.165, 1.54) is 19.1 Å². The number of primary amides is 1. The van der Waals surface area contributed by atoms with Gasteiger partial charge in [0.15, 0.2) is 0 Å². The molecule has 7 nitrogen and oxygen atoms in total. The van der Waals surface area contributed by atoms with Crippen LogP contribution in [0.15, 0.2) is 33.5 Å². The van der Waals surface area contributed by atoms with Crippen molar-refractivity contribution in [2.45, 2.75) is 19.9 Å². The second-order valence-corrected chi connectivity index (χ2v) is 4.68. The Kier molecular flexibility index (Phi) is 3.93. The van der Waals surface area contributed by atoms with Gasteiger partial charge < -0.3 is 20.8 Å². The molecule has 0 saturated carbocycles. The molecular formula is C14H15N3O4. The minimum atomic E-state index is -0.786. The quantitative estimate of drug-likeness (QED) is 0.734. The summed E-state index contributed by atoms with van der Waals surface area (Å²) in [5, 5.41) is 5.70. The Bertz CT molecular complexity index is 766. The van der Waals surface area contributed by atoms with Gasteiger partial charge in [0.1, 0.15) is 11.6 Å². The molecule has 0 aliphatic heterocycles. The van der Waals surface area contributed by atoms with Crippen molar-refractivity contribution in [3.8, 4) is 0 Å². The predicted octanol–water partition coefficient (Wildman–Crippen LogP) is 1.10. The zero-order valence-corrected chi connectivity index (χ0v) is 11.6. The van der Waals surface area contributed by atoms with Gasteiger partial charge in [-0.15, -0.1) is 0 Å². The van der Waals surface area contributed by atoms with Crippen molar-refractivity contribution in [2.24, 2.45) is 5.73 Å². The van der Waals surface area contributed by atoms with Crippen molar-refractivity contribution in [2.75, 3.05) is 5.32 Å². The largest absolute Gasteiger partial charge is 0.423 e. The Morgan fingerprint density at radius 2 is 2.00 bits per heavy atom. The van der Waals surface area contributed by atoms with Gasteiger partial charge in [-0.3, -0.25) is 4.79 Å². The van der Waals surface area contributed by atoms with E-state index in [0.29, 0.717) is 11.3 Å². The number of nitrogens with one attached hydrogen (secondary N) is 2. The first kappa shape index (κ1) is 14.6. The zero-order chi connectivity index (χ0) is 15.6. The SMILES string of the molecule is Cc1cc(=O)oc2cc(NC(=O)NC(C)C(N)=O)ccc12. The number of hydrogen-bond acceptors (Lipinski definition) is 4. The Labute approximate surface area is 120 Å². The van der Waals surface area contributed by atoms with Crippen LogP contribution in [0.1, 0.15) is 12.5 Å². The third-order valence-electron chi connectivity index (χ3n) is 2.98. The lowest BCUT2D eigenvalue weighted by Gasteiger charge is -2.11. The van der Waals surface area contributed by atoms with Crippen LogP contribution in [-0.4, -0.2) is 18.0 Å². The van der Waals surface area contributed by atoms with Gasteiger partial charge in [-0.05, 0) is 31.5 Å². The molecule has 2 rings (SSSR count). The molecule has 4 N–H and O–H groups in total. The summed E-state index contributed by atoms with van der Waals surface area (Å²) >= 11 is 0. The highest BCUT2D eigenvalue weighted by molar-refractivity contribution is 5.95. The molecule has 0 fully saturated rings. The number of amides is 3. The third kappa shape index (κ3) is 3.38. The van der Waals surface area contributed by atoms with Gasteiger partial charge in [-0.25, -0.2) is 9.59 Å². The van der Waals surface area contributed by atoms with Gasteiger partial charge >= 0.3 is 11.7 Å². The van der Waals surface area contributed by atoms with Crippen molar-refractivity contribution in [1.29, 1.82) is 0 Å². The lowest BCUT2D eigenvalue weighted by atomic mass is 10.1. The Morgan fingerprint density at radius 3 is 2.67 bits per heavy atom. The molecule has 0 aliphatic rings. The van der Waals surface area contributed by atoms with E-state index in [0.717, 1.165) is 10.9 Å². The lowest BCUT2D eigenvalue weighted by Crippen LogP contribution is -2.44. The lowest BCUT2D eigenvalue weighted by molar-refractivity contribution is -0.119. The Hall–Kier alpha value is -2.83. The second-order valence-electron chi connectivity index (χ2n) is 4.68. The monoisotopic (exact) mass is 289 g/mol. The fourth-order valence-electron chi connectivity index (χ4n) is 1.84. The molecule has 1 aromatic heterocycles. The van der Waals surface area contributed by atoms with E-state index < -0.39 is 23.6 Å². The van der Waals surface area contributed by atoms with Crippen molar-refractivity contribution in [1.82, 2.24) is 5.32 Å². The van der Waals surface area contributed by atoms with Gasteiger partial charge in [0.2, 0.25) is 5.91 Å². The van der Waals surface area contributed by atoms with E-state index in [2.05, 4.69) is 10.6 Å². The van der Waals surface area contributed by atoms with E-state index in [9.17, 15) is 14.4 Å². The summed E-state index contributed by atoms with van der Waals surface area (Å²) in [4.78, 5) is 33.9. The molecular weight excluding hydrogens is 274 g/mol. The average Bonchev–Trinajstić information content (AvgIpc) is 2.37. The van der Waals surface area contributed by atoms with Crippen LogP contribution in [0.3, 0.4) is 0 Å². The molecule has 1 aromatic carbocycles. The first-order valence-electron chi connectivity index (χ1n) is 6.28. The summed E-state index contributed by atoms with van der Waals surface area (Å²) in [5.41, 5.74) is 6.20. The molecule has 21 heavy (non-hydrogen) atoms. The van der Waals surface area contributed by atoms with Crippen molar-refractivity contribution in [3.63, 3.8) is 0 Å². The summed E-state index contributed by atoms with van der Waals surface area (Å²) in [6.07, 6.45) is 0. The van der Waals surface area contributed by atoms with E-state index in [1.807, 2.05) is 0 Å². The number of carbonyl (C=O) groups is 2. The van der Waals surface area contributed by atoms with E-state index >= 15 is 0 Å².